The Kier molecular flexibility index (Phi) is 20.0. The SMILES string of the molecule is CCCN(CCC)C(=O)CN=C1CCC/C1=C(/N)C(C)=O.CCCN(CCC)C(C)C.Cc1cccc(C)c1C. The van der Waals surface area contributed by atoms with Crippen LogP contribution in [0.5, 0.6) is 0 Å². The van der Waals surface area contributed by atoms with E-state index < -0.39 is 0 Å². The van der Waals surface area contributed by atoms with Crippen LogP contribution in [0.4, 0.5) is 0 Å². The van der Waals surface area contributed by atoms with E-state index in [4.69, 9.17) is 5.73 Å². The van der Waals surface area contributed by atoms with Gasteiger partial charge in [-0.2, -0.15) is 0 Å². The molecule has 1 saturated carbocycles. The van der Waals surface area contributed by atoms with E-state index in [1.165, 1.54) is 49.5 Å². The highest BCUT2D eigenvalue weighted by Crippen LogP contribution is 2.24. The lowest BCUT2D eigenvalue weighted by atomic mass is 10.1. The second-order valence-electron chi connectivity index (χ2n) is 11.1. The Hall–Kier alpha value is -2.47. The average Bonchev–Trinajstić information content (AvgIpc) is 3.38. The number of aliphatic imine (C=N–C) groups is 1. The third kappa shape index (κ3) is 14.2. The monoisotopic (exact) mass is 556 g/mol. The van der Waals surface area contributed by atoms with Crippen LogP contribution < -0.4 is 5.73 Å². The lowest BCUT2D eigenvalue weighted by Gasteiger charge is -2.24. The summed E-state index contributed by atoms with van der Waals surface area (Å²) in [5.41, 5.74) is 12.0. The topological polar surface area (TPSA) is 79.0 Å². The van der Waals surface area contributed by atoms with Gasteiger partial charge in [0.25, 0.3) is 0 Å². The summed E-state index contributed by atoms with van der Waals surface area (Å²) in [6.45, 7) is 25.3. The number of aryl methyl sites for hydroxylation is 2. The molecule has 1 fully saturated rings. The molecule has 1 aromatic carbocycles. The molecule has 0 atom stereocenters. The number of benzene rings is 1. The predicted molar refractivity (Wildman–Crippen MR) is 173 cm³/mol. The van der Waals surface area contributed by atoms with E-state index in [2.05, 4.69) is 90.4 Å². The number of carbonyl (C=O) groups is 2. The third-order valence-corrected chi connectivity index (χ3v) is 7.27. The van der Waals surface area contributed by atoms with Gasteiger partial charge in [-0.1, -0.05) is 45.9 Å². The van der Waals surface area contributed by atoms with Gasteiger partial charge in [0.2, 0.25) is 5.91 Å². The molecule has 1 aromatic rings. The first kappa shape index (κ1) is 37.5. The average molecular weight is 557 g/mol. The van der Waals surface area contributed by atoms with Crippen molar-refractivity contribution in [3.05, 3.63) is 46.2 Å². The van der Waals surface area contributed by atoms with Crippen LogP contribution in [-0.2, 0) is 9.59 Å². The number of nitrogens with zero attached hydrogens (tertiary/aromatic N) is 3. The van der Waals surface area contributed by atoms with E-state index in [1.54, 1.807) is 0 Å². The first-order valence-electron chi connectivity index (χ1n) is 15.5. The number of hydrogen-bond donors (Lipinski definition) is 1. The number of allylic oxidation sites excluding steroid dienone is 2. The van der Waals surface area contributed by atoms with Crippen LogP contribution >= 0.6 is 0 Å². The van der Waals surface area contributed by atoms with Gasteiger partial charge in [0.05, 0.1) is 5.70 Å². The first-order chi connectivity index (χ1) is 18.9. The molecule has 6 nitrogen and oxygen atoms in total. The van der Waals surface area contributed by atoms with Gasteiger partial charge in [0.15, 0.2) is 5.78 Å². The minimum absolute atomic E-state index is 0.0545. The van der Waals surface area contributed by atoms with Crippen LogP contribution in [-0.4, -0.2) is 66.0 Å². The molecule has 0 spiro atoms. The zero-order valence-electron chi connectivity index (χ0n) is 27.5. The Morgan fingerprint density at radius 2 is 1.38 bits per heavy atom. The van der Waals surface area contributed by atoms with Crippen LogP contribution in [0.1, 0.15) is 110 Å². The quantitative estimate of drug-likeness (QED) is 0.276. The first-order valence-corrected chi connectivity index (χ1v) is 15.5. The van der Waals surface area contributed by atoms with Crippen LogP contribution in [0.2, 0.25) is 0 Å². The van der Waals surface area contributed by atoms with Crippen molar-refractivity contribution in [2.75, 3.05) is 32.7 Å². The Bertz CT molecular complexity index is 917. The second kappa shape index (κ2) is 21.3. The van der Waals surface area contributed by atoms with Crippen molar-refractivity contribution in [3.63, 3.8) is 0 Å². The van der Waals surface area contributed by atoms with Crippen molar-refractivity contribution in [2.24, 2.45) is 10.7 Å². The molecule has 0 unspecified atom stereocenters. The standard InChI is InChI=1S/C16H27N3O2.C9H21N.C9H12/c1-4-9-19(10-5-2)15(21)11-18-14-8-6-7-13(14)16(17)12(3)20;1-5-7-10(8-6-2)9(3)4;1-7-5-4-6-8(2)9(7)3/h4-11,17H2,1-3H3;9H,5-8H2,1-4H3;4-6H,1-3H3/b16-13-,18-14?;;. The van der Waals surface area contributed by atoms with Gasteiger partial charge in [-0.15, -0.1) is 0 Å². The fourth-order valence-electron chi connectivity index (χ4n) is 4.67. The zero-order valence-corrected chi connectivity index (χ0v) is 27.5. The van der Waals surface area contributed by atoms with E-state index in [0.717, 1.165) is 62.5 Å². The summed E-state index contributed by atoms with van der Waals surface area (Å²) in [5, 5.41) is 0. The van der Waals surface area contributed by atoms with Crippen LogP contribution in [0.15, 0.2) is 34.5 Å². The summed E-state index contributed by atoms with van der Waals surface area (Å²) in [7, 11) is 0. The molecule has 40 heavy (non-hydrogen) atoms. The summed E-state index contributed by atoms with van der Waals surface area (Å²) < 4.78 is 0. The molecule has 2 rings (SSSR count). The fourth-order valence-corrected chi connectivity index (χ4v) is 4.67. The summed E-state index contributed by atoms with van der Waals surface area (Å²) in [6, 6.07) is 7.10. The minimum Gasteiger partial charge on any atom is -0.396 e. The van der Waals surface area contributed by atoms with Crippen molar-refractivity contribution in [1.82, 2.24) is 9.80 Å². The van der Waals surface area contributed by atoms with Gasteiger partial charge in [-0.05, 0) is 115 Å². The molecule has 1 amide bonds. The molecular weight excluding hydrogens is 496 g/mol. The highest BCUT2D eigenvalue weighted by atomic mass is 16.2. The van der Waals surface area contributed by atoms with Crippen molar-refractivity contribution >= 4 is 17.4 Å². The molecule has 0 saturated heterocycles. The Labute approximate surface area is 246 Å². The Morgan fingerprint density at radius 3 is 1.77 bits per heavy atom. The summed E-state index contributed by atoms with van der Waals surface area (Å²) in [5.74, 6) is -0.0663. The summed E-state index contributed by atoms with van der Waals surface area (Å²) in [4.78, 5) is 32.4. The van der Waals surface area contributed by atoms with E-state index in [9.17, 15) is 9.59 Å². The Balaban J connectivity index is 0.000000661. The number of nitrogens with two attached hydrogens (primary N) is 1. The summed E-state index contributed by atoms with van der Waals surface area (Å²) >= 11 is 0. The van der Waals surface area contributed by atoms with Crippen LogP contribution in [0.25, 0.3) is 0 Å². The van der Waals surface area contributed by atoms with Crippen molar-refractivity contribution in [2.45, 2.75) is 120 Å². The molecule has 0 bridgehead atoms. The number of ketones is 1. The molecule has 0 heterocycles. The molecule has 2 N–H and O–H groups in total. The van der Waals surface area contributed by atoms with E-state index in [0.29, 0.717) is 5.70 Å². The number of amides is 1. The molecule has 228 valence electrons. The van der Waals surface area contributed by atoms with Crippen molar-refractivity contribution in [1.29, 1.82) is 0 Å². The maximum absolute atomic E-state index is 12.2. The number of rotatable bonds is 12. The zero-order chi connectivity index (χ0) is 30.7. The van der Waals surface area contributed by atoms with E-state index in [1.807, 2.05) is 4.90 Å². The highest BCUT2D eigenvalue weighted by molar-refractivity contribution is 6.09. The van der Waals surface area contributed by atoms with Gasteiger partial charge in [0.1, 0.15) is 6.54 Å². The lowest BCUT2D eigenvalue weighted by molar-refractivity contribution is -0.129. The molecule has 1 aliphatic carbocycles. The predicted octanol–water partition coefficient (Wildman–Crippen LogP) is 7.19. The fraction of sp³-hybridized carbons (Fsp3) is 0.676. The van der Waals surface area contributed by atoms with E-state index in [-0.39, 0.29) is 18.2 Å². The maximum atomic E-state index is 12.2. The summed E-state index contributed by atoms with van der Waals surface area (Å²) in [6.07, 6.45) is 6.99. The van der Waals surface area contributed by atoms with E-state index >= 15 is 0 Å². The largest absolute Gasteiger partial charge is 0.396 e. The molecule has 0 aliphatic heterocycles. The van der Waals surface area contributed by atoms with Crippen molar-refractivity contribution in [3.8, 4) is 0 Å². The van der Waals surface area contributed by atoms with Gasteiger partial charge < -0.3 is 15.5 Å². The normalized spacial score (nSPS) is 14.9. The molecule has 0 aromatic heterocycles. The molecule has 6 heteroatoms. The smallest absolute Gasteiger partial charge is 0.244 e. The minimum atomic E-state index is -0.121. The highest BCUT2D eigenvalue weighted by Gasteiger charge is 2.21. The molecule has 1 aliphatic rings. The molecular formula is C34H60N4O2. The van der Waals surface area contributed by atoms with Gasteiger partial charge in [0, 0.05) is 31.8 Å². The van der Waals surface area contributed by atoms with Crippen molar-refractivity contribution < 1.29 is 9.59 Å². The maximum Gasteiger partial charge on any atom is 0.244 e. The third-order valence-electron chi connectivity index (χ3n) is 7.27. The number of carbonyl (C=O) groups excluding carboxylic acids is 2. The Morgan fingerprint density at radius 1 is 0.875 bits per heavy atom. The number of Topliss-reactive ketones (excluding diaryl/α,β-unsaturated/α-hetero) is 1. The number of hydrogen-bond acceptors (Lipinski definition) is 5. The van der Waals surface area contributed by atoms with Gasteiger partial charge in [-0.25, -0.2) is 0 Å². The lowest BCUT2D eigenvalue weighted by Crippen LogP contribution is -2.34. The van der Waals surface area contributed by atoms with Crippen LogP contribution in [0.3, 0.4) is 0 Å². The van der Waals surface area contributed by atoms with Crippen LogP contribution in [0, 0.1) is 20.8 Å². The second-order valence-corrected chi connectivity index (χ2v) is 11.1. The van der Waals surface area contributed by atoms with Gasteiger partial charge in [-0.3, -0.25) is 14.6 Å². The van der Waals surface area contributed by atoms with Gasteiger partial charge >= 0.3 is 0 Å². The molecule has 0 radical (unpaired) electrons.